The van der Waals surface area contributed by atoms with Gasteiger partial charge in [0.1, 0.15) is 11.3 Å². The van der Waals surface area contributed by atoms with Gasteiger partial charge in [0.05, 0.1) is 6.61 Å². The molecule has 1 aromatic carbocycles. The predicted molar refractivity (Wildman–Crippen MR) is 82.9 cm³/mol. The maximum Gasteiger partial charge on any atom is 0.323 e. The summed E-state index contributed by atoms with van der Waals surface area (Å²) in [6.45, 7) is 8.24. The van der Waals surface area contributed by atoms with Crippen molar-refractivity contribution in [1.82, 2.24) is 4.90 Å². The van der Waals surface area contributed by atoms with E-state index in [0.29, 0.717) is 6.61 Å². The summed E-state index contributed by atoms with van der Waals surface area (Å²) in [4.78, 5) is 13.5. The standard InChI is InChI=1S/C17H25NO3/c1-13-6-7-15(12-14(13)2)21-11-5-10-18-9-4-8-17(18,3)16(19)20/h6-7,12H,4-5,8-11H2,1-3H3,(H,19,20). The Bertz CT molecular complexity index is 515. The molecule has 0 saturated carbocycles. The van der Waals surface area contributed by atoms with Crippen molar-refractivity contribution in [3.63, 3.8) is 0 Å². The van der Waals surface area contributed by atoms with Gasteiger partial charge in [-0.15, -0.1) is 0 Å². The molecule has 1 heterocycles. The van der Waals surface area contributed by atoms with Gasteiger partial charge in [0.15, 0.2) is 0 Å². The molecule has 0 spiro atoms. The molecule has 1 aliphatic heterocycles. The van der Waals surface area contributed by atoms with Crippen molar-refractivity contribution in [1.29, 1.82) is 0 Å². The number of rotatable bonds is 6. The monoisotopic (exact) mass is 291 g/mol. The van der Waals surface area contributed by atoms with Crippen LogP contribution >= 0.6 is 0 Å². The fourth-order valence-corrected chi connectivity index (χ4v) is 2.87. The first-order valence-electron chi connectivity index (χ1n) is 7.62. The van der Waals surface area contributed by atoms with Gasteiger partial charge in [-0.25, -0.2) is 0 Å². The van der Waals surface area contributed by atoms with Gasteiger partial charge >= 0.3 is 5.97 Å². The van der Waals surface area contributed by atoms with Gasteiger partial charge in [-0.2, -0.15) is 0 Å². The van der Waals surface area contributed by atoms with Crippen molar-refractivity contribution in [3.05, 3.63) is 29.3 Å². The number of nitrogens with zero attached hydrogens (tertiary/aromatic N) is 1. The number of aliphatic carboxylic acids is 1. The molecular formula is C17H25NO3. The van der Waals surface area contributed by atoms with E-state index in [2.05, 4.69) is 24.8 Å². The minimum Gasteiger partial charge on any atom is -0.494 e. The Balaban J connectivity index is 1.79. The molecule has 1 aliphatic rings. The first-order valence-corrected chi connectivity index (χ1v) is 7.62. The van der Waals surface area contributed by atoms with Crippen LogP contribution in [0.2, 0.25) is 0 Å². The molecule has 0 aliphatic carbocycles. The van der Waals surface area contributed by atoms with Crippen molar-refractivity contribution >= 4 is 5.97 Å². The summed E-state index contributed by atoms with van der Waals surface area (Å²) in [5.74, 6) is 0.176. The minimum atomic E-state index is -0.713. The number of ether oxygens (including phenoxy) is 1. The van der Waals surface area contributed by atoms with Gasteiger partial charge in [-0.1, -0.05) is 6.07 Å². The molecule has 1 saturated heterocycles. The Kier molecular flexibility index (Phi) is 4.88. The molecule has 0 amide bonds. The SMILES string of the molecule is Cc1ccc(OCCCN2CCCC2(C)C(=O)O)cc1C. The highest BCUT2D eigenvalue weighted by atomic mass is 16.5. The lowest BCUT2D eigenvalue weighted by Gasteiger charge is -2.31. The number of carboxylic acid groups (broad SMARTS) is 1. The fraction of sp³-hybridized carbons (Fsp3) is 0.588. The van der Waals surface area contributed by atoms with Crippen LogP contribution in [0.1, 0.15) is 37.3 Å². The largest absolute Gasteiger partial charge is 0.494 e. The van der Waals surface area contributed by atoms with E-state index in [4.69, 9.17) is 4.74 Å². The second-order valence-corrected chi connectivity index (χ2v) is 6.12. The van der Waals surface area contributed by atoms with Crippen molar-refractivity contribution in [2.75, 3.05) is 19.7 Å². The second-order valence-electron chi connectivity index (χ2n) is 6.12. The molecule has 1 unspecified atom stereocenters. The summed E-state index contributed by atoms with van der Waals surface area (Å²) >= 11 is 0. The third-order valence-corrected chi connectivity index (χ3v) is 4.57. The number of carbonyl (C=O) groups is 1. The summed E-state index contributed by atoms with van der Waals surface area (Å²) in [6.07, 6.45) is 2.54. The van der Waals surface area contributed by atoms with Crippen LogP contribution in [-0.4, -0.2) is 41.2 Å². The maximum atomic E-state index is 11.4. The molecule has 4 nitrogen and oxygen atoms in total. The van der Waals surface area contributed by atoms with Crippen LogP contribution in [-0.2, 0) is 4.79 Å². The third kappa shape index (κ3) is 3.56. The zero-order valence-electron chi connectivity index (χ0n) is 13.2. The number of aryl methyl sites for hydroxylation is 2. The lowest BCUT2D eigenvalue weighted by atomic mass is 9.99. The molecular weight excluding hydrogens is 266 g/mol. The molecule has 1 fully saturated rings. The quantitative estimate of drug-likeness (QED) is 0.819. The van der Waals surface area contributed by atoms with Crippen molar-refractivity contribution in [2.24, 2.45) is 0 Å². The molecule has 21 heavy (non-hydrogen) atoms. The lowest BCUT2D eigenvalue weighted by molar-refractivity contribution is -0.148. The molecule has 1 N–H and O–H groups in total. The smallest absolute Gasteiger partial charge is 0.323 e. The lowest BCUT2D eigenvalue weighted by Crippen LogP contribution is -2.48. The first-order chi connectivity index (χ1) is 9.93. The highest BCUT2D eigenvalue weighted by Crippen LogP contribution is 2.29. The fourth-order valence-electron chi connectivity index (χ4n) is 2.87. The maximum absolute atomic E-state index is 11.4. The Morgan fingerprint density at radius 2 is 2.14 bits per heavy atom. The van der Waals surface area contributed by atoms with Gasteiger partial charge in [-0.05, 0) is 69.8 Å². The summed E-state index contributed by atoms with van der Waals surface area (Å²) < 4.78 is 5.76. The van der Waals surface area contributed by atoms with Gasteiger partial charge in [0, 0.05) is 6.54 Å². The number of hydrogen-bond donors (Lipinski definition) is 1. The van der Waals surface area contributed by atoms with E-state index in [0.717, 1.165) is 38.1 Å². The van der Waals surface area contributed by atoms with Crippen molar-refractivity contribution in [2.45, 2.75) is 45.6 Å². The summed E-state index contributed by atoms with van der Waals surface area (Å²) in [5.41, 5.74) is 1.79. The Morgan fingerprint density at radius 3 is 2.81 bits per heavy atom. The van der Waals surface area contributed by atoms with E-state index in [9.17, 15) is 9.90 Å². The van der Waals surface area contributed by atoms with Crippen LogP contribution in [0.4, 0.5) is 0 Å². The van der Waals surface area contributed by atoms with Gasteiger partial charge in [-0.3, -0.25) is 9.69 Å². The van der Waals surface area contributed by atoms with E-state index in [1.807, 2.05) is 19.1 Å². The predicted octanol–water partition coefficient (Wildman–Crippen LogP) is 3.01. The van der Waals surface area contributed by atoms with Crippen LogP contribution in [0.5, 0.6) is 5.75 Å². The van der Waals surface area contributed by atoms with E-state index < -0.39 is 11.5 Å². The summed E-state index contributed by atoms with van der Waals surface area (Å²) in [5, 5.41) is 9.36. The highest BCUT2D eigenvalue weighted by molar-refractivity contribution is 5.78. The minimum absolute atomic E-state index is 0.620. The highest BCUT2D eigenvalue weighted by Gasteiger charge is 2.42. The van der Waals surface area contributed by atoms with E-state index in [-0.39, 0.29) is 0 Å². The summed E-state index contributed by atoms with van der Waals surface area (Å²) in [7, 11) is 0. The molecule has 4 heteroatoms. The number of benzene rings is 1. The molecule has 0 aromatic heterocycles. The van der Waals surface area contributed by atoms with E-state index in [1.165, 1.54) is 11.1 Å². The average Bonchev–Trinajstić information content (AvgIpc) is 2.81. The van der Waals surface area contributed by atoms with Crippen LogP contribution < -0.4 is 4.74 Å². The Hall–Kier alpha value is -1.55. The molecule has 1 atom stereocenters. The molecule has 116 valence electrons. The van der Waals surface area contributed by atoms with Gasteiger partial charge in [0.2, 0.25) is 0 Å². The normalized spacial score (nSPS) is 22.4. The molecule has 2 rings (SSSR count). The molecule has 0 radical (unpaired) electrons. The third-order valence-electron chi connectivity index (χ3n) is 4.57. The number of likely N-dealkylation sites (tertiary alicyclic amines) is 1. The van der Waals surface area contributed by atoms with Crippen LogP contribution in [0.3, 0.4) is 0 Å². The topological polar surface area (TPSA) is 49.8 Å². The second kappa shape index (κ2) is 6.48. The van der Waals surface area contributed by atoms with Gasteiger partial charge < -0.3 is 9.84 Å². The zero-order valence-corrected chi connectivity index (χ0v) is 13.2. The van der Waals surface area contributed by atoms with E-state index >= 15 is 0 Å². The average molecular weight is 291 g/mol. The molecule has 0 bridgehead atoms. The first kappa shape index (κ1) is 15.8. The Labute approximate surface area is 126 Å². The van der Waals surface area contributed by atoms with Crippen LogP contribution in [0, 0.1) is 13.8 Å². The van der Waals surface area contributed by atoms with Gasteiger partial charge in [0.25, 0.3) is 0 Å². The number of carboxylic acids is 1. The summed E-state index contributed by atoms with van der Waals surface area (Å²) in [6, 6.07) is 6.10. The van der Waals surface area contributed by atoms with Crippen LogP contribution in [0.25, 0.3) is 0 Å². The number of hydrogen-bond acceptors (Lipinski definition) is 3. The van der Waals surface area contributed by atoms with E-state index in [1.54, 1.807) is 0 Å². The van der Waals surface area contributed by atoms with Crippen molar-refractivity contribution in [3.8, 4) is 5.75 Å². The Morgan fingerprint density at radius 1 is 1.38 bits per heavy atom. The van der Waals surface area contributed by atoms with Crippen LogP contribution in [0.15, 0.2) is 18.2 Å². The zero-order chi connectivity index (χ0) is 15.5. The molecule has 1 aromatic rings. The van der Waals surface area contributed by atoms with Crippen molar-refractivity contribution < 1.29 is 14.6 Å².